The van der Waals surface area contributed by atoms with Crippen molar-refractivity contribution in [3.8, 4) is 5.75 Å². The van der Waals surface area contributed by atoms with Crippen LogP contribution in [-0.4, -0.2) is 17.5 Å². The van der Waals surface area contributed by atoms with E-state index in [1.54, 1.807) is 20.8 Å². The largest absolute Gasteiger partial charge is 0.489 e. The summed E-state index contributed by atoms with van der Waals surface area (Å²) in [4.78, 5) is 17.1. The fourth-order valence-electron chi connectivity index (χ4n) is 2.94. The molecule has 1 N–H and O–H groups in total. The number of pyridine rings is 1. The Balaban J connectivity index is 2.48. The molecule has 0 aliphatic rings. The van der Waals surface area contributed by atoms with Crippen LogP contribution in [0.4, 0.5) is 10.1 Å². The van der Waals surface area contributed by atoms with Crippen LogP contribution in [0.1, 0.15) is 53.6 Å². The molecule has 0 saturated carbocycles. The predicted octanol–water partition coefficient (Wildman–Crippen LogP) is 4.61. The van der Waals surface area contributed by atoms with Crippen molar-refractivity contribution in [1.29, 1.82) is 0 Å². The van der Waals surface area contributed by atoms with Gasteiger partial charge in [-0.2, -0.15) is 0 Å². The van der Waals surface area contributed by atoms with Crippen LogP contribution in [-0.2, 0) is 12.8 Å². The van der Waals surface area contributed by atoms with E-state index in [0.717, 1.165) is 29.7 Å². The van der Waals surface area contributed by atoms with Gasteiger partial charge in [0.1, 0.15) is 5.56 Å². The molecule has 1 aromatic heterocycles. The van der Waals surface area contributed by atoms with Crippen molar-refractivity contribution in [2.45, 2.75) is 47.5 Å². The summed E-state index contributed by atoms with van der Waals surface area (Å²) in [5.74, 6) is -1.12. The van der Waals surface area contributed by atoms with Crippen molar-refractivity contribution in [1.82, 2.24) is 4.98 Å². The van der Waals surface area contributed by atoms with E-state index in [1.807, 2.05) is 32.0 Å². The summed E-state index contributed by atoms with van der Waals surface area (Å²) >= 11 is 0. The van der Waals surface area contributed by atoms with Crippen molar-refractivity contribution < 1.29 is 13.9 Å². The van der Waals surface area contributed by atoms with Gasteiger partial charge in [-0.15, -0.1) is 0 Å². The molecule has 2 aromatic rings. The first kappa shape index (κ1) is 18.9. The number of benzene rings is 1. The number of carbonyl (C=O) groups excluding carboxylic acids is 1. The fraction of sp³-hybridized carbons (Fsp3) is 0.400. The molecule has 0 atom stereocenters. The Labute approximate surface area is 148 Å². The van der Waals surface area contributed by atoms with Crippen molar-refractivity contribution in [3.63, 3.8) is 0 Å². The first-order valence-electron chi connectivity index (χ1n) is 8.66. The highest BCUT2D eigenvalue weighted by molar-refractivity contribution is 6.06. The molecule has 1 amide bonds. The van der Waals surface area contributed by atoms with Gasteiger partial charge < -0.3 is 10.1 Å². The standard InChI is InChI=1S/C20H25FN2O2/c1-6-14-10-9-11-15(7-2)18(14)23-20(24)16-12(4)22-13(5)19(17(16)21)25-8-3/h9-11H,6-8H2,1-5H3,(H,23,24). The molecule has 5 heteroatoms. The molecule has 4 nitrogen and oxygen atoms in total. The first-order chi connectivity index (χ1) is 11.9. The number of ether oxygens (including phenoxy) is 1. The number of para-hydroxylation sites is 1. The quantitative estimate of drug-likeness (QED) is 0.832. The molecular weight excluding hydrogens is 319 g/mol. The molecule has 2 rings (SSSR count). The Bertz CT molecular complexity index is 766. The van der Waals surface area contributed by atoms with Gasteiger partial charge in [0, 0.05) is 5.69 Å². The SMILES string of the molecule is CCOc1c(C)nc(C)c(C(=O)Nc2c(CC)cccc2CC)c1F. The number of aromatic nitrogens is 1. The predicted molar refractivity (Wildman–Crippen MR) is 98.0 cm³/mol. The second-order valence-corrected chi connectivity index (χ2v) is 5.85. The van der Waals surface area contributed by atoms with E-state index < -0.39 is 11.7 Å². The smallest absolute Gasteiger partial charge is 0.260 e. The van der Waals surface area contributed by atoms with Crippen molar-refractivity contribution in [2.24, 2.45) is 0 Å². The Morgan fingerprint density at radius 3 is 2.24 bits per heavy atom. The minimum absolute atomic E-state index is 0.0396. The molecule has 0 radical (unpaired) electrons. The lowest BCUT2D eigenvalue weighted by Crippen LogP contribution is -2.19. The molecule has 1 aromatic carbocycles. The number of anilines is 1. The number of halogens is 1. The number of aryl methyl sites for hydroxylation is 4. The molecule has 0 aliphatic heterocycles. The number of nitrogens with one attached hydrogen (secondary N) is 1. The molecule has 0 saturated heterocycles. The van der Waals surface area contributed by atoms with Gasteiger partial charge in [-0.05, 0) is 44.7 Å². The zero-order valence-corrected chi connectivity index (χ0v) is 15.5. The second-order valence-electron chi connectivity index (χ2n) is 5.85. The monoisotopic (exact) mass is 344 g/mol. The Morgan fingerprint density at radius 2 is 1.72 bits per heavy atom. The highest BCUT2D eigenvalue weighted by Crippen LogP contribution is 2.28. The number of amides is 1. The van der Waals surface area contributed by atoms with Crippen molar-refractivity contribution in [3.05, 3.63) is 52.1 Å². The number of rotatable bonds is 6. The second kappa shape index (κ2) is 8.10. The number of nitrogens with zero attached hydrogens (tertiary/aromatic N) is 1. The van der Waals surface area contributed by atoms with Gasteiger partial charge in [0.2, 0.25) is 0 Å². The molecular formula is C20H25FN2O2. The van der Waals surface area contributed by atoms with E-state index >= 15 is 0 Å². The molecule has 0 fully saturated rings. The summed E-state index contributed by atoms with van der Waals surface area (Å²) in [6.45, 7) is 9.43. The van der Waals surface area contributed by atoms with Crippen LogP contribution in [0.2, 0.25) is 0 Å². The van der Waals surface area contributed by atoms with E-state index in [9.17, 15) is 9.18 Å². The lowest BCUT2D eigenvalue weighted by molar-refractivity contribution is 0.102. The summed E-state index contributed by atoms with van der Waals surface area (Å²) in [7, 11) is 0. The summed E-state index contributed by atoms with van der Waals surface area (Å²) in [5, 5.41) is 2.89. The van der Waals surface area contributed by atoms with Crippen LogP contribution >= 0.6 is 0 Å². The van der Waals surface area contributed by atoms with Crippen LogP contribution in [0.3, 0.4) is 0 Å². The highest BCUT2D eigenvalue weighted by Gasteiger charge is 2.23. The van der Waals surface area contributed by atoms with Crippen LogP contribution in [0.25, 0.3) is 0 Å². The van der Waals surface area contributed by atoms with Crippen LogP contribution in [0.5, 0.6) is 5.75 Å². The van der Waals surface area contributed by atoms with Gasteiger partial charge in [-0.25, -0.2) is 4.39 Å². The maximum Gasteiger partial charge on any atom is 0.260 e. The van der Waals surface area contributed by atoms with Gasteiger partial charge in [0.15, 0.2) is 11.6 Å². The summed E-state index contributed by atoms with van der Waals surface area (Å²) in [6, 6.07) is 5.91. The lowest BCUT2D eigenvalue weighted by atomic mass is 10.0. The summed E-state index contributed by atoms with van der Waals surface area (Å²) in [5.41, 5.74) is 3.53. The third-order valence-electron chi connectivity index (χ3n) is 4.20. The van der Waals surface area contributed by atoms with Crippen molar-refractivity contribution in [2.75, 3.05) is 11.9 Å². The topological polar surface area (TPSA) is 51.2 Å². The Kier molecular flexibility index (Phi) is 6.12. The van der Waals surface area contributed by atoms with Crippen molar-refractivity contribution >= 4 is 11.6 Å². The lowest BCUT2D eigenvalue weighted by Gasteiger charge is -2.17. The van der Waals surface area contributed by atoms with E-state index in [1.165, 1.54) is 0 Å². The zero-order chi connectivity index (χ0) is 18.6. The maximum atomic E-state index is 14.9. The highest BCUT2D eigenvalue weighted by atomic mass is 19.1. The summed E-state index contributed by atoms with van der Waals surface area (Å²) in [6.07, 6.45) is 1.56. The first-order valence-corrected chi connectivity index (χ1v) is 8.66. The normalized spacial score (nSPS) is 10.6. The van der Waals surface area contributed by atoms with E-state index in [-0.39, 0.29) is 11.3 Å². The van der Waals surface area contributed by atoms with Gasteiger partial charge in [-0.3, -0.25) is 9.78 Å². The fourth-order valence-corrected chi connectivity index (χ4v) is 2.94. The number of hydrogen-bond acceptors (Lipinski definition) is 3. The van der Waals surface area contributed by atoms with Crippen LogP contribution in [0.15, 0.2) is 18.2 Å². The maximum absolute atomic E-state index is 14.9. The molecule has 1 heterocycles. The third kappa shape index (κ3) is 3.81. The van der Waals surface area contributed by atoms with E-state index in [4.69, 9.17) is 4.74 Å². The van der Waals surface area contributed by atoms with Crippen LogP contribution in [0, 0.1) is 19.7 Å². The summed E-state index contributed by atoms with van der Waals surface area (Å²) < 4.78 is 20.2. The Hall–Kier alpha value is -2.43. The number of carbonyl (C=O) groups is 1. The minimum atomic E-state index is -0.656. The molecule has 0 bridgehead atoms. The average Bonchev–Trinajstić information content (AvgIpc) is 2.58. The van der Waals surface area contributed by atoms with Crippen LogP contribution < -0.4 is 10.1 Å². The molecule has 0 aliphatic carbocycles. The minimum Gasteiger partial charge on any atom is -0.489 e. The third-order valence-corrected chi connectivity index (χ3v) is 4.20. The average molecular weight is 344 g/mol. The van der Waals surface area contributed by atoms with E-state index in [0.29, 0.717) is 18.0 Å². The van der Waals surface area contributed by atoms with Gasteiger partial charge >= 0.3 is 0 Å². The van der Waals surface area contributed by atoms with E-state index in [2.05, 4.69) is 10.3 Å². The van der Waals surface area contributed by atoms with Gasteiger partial charge in [0.05, 0.1) is 18.0 Å². The zero-order valence-electron chi connectivity index (χ0n) is 15.5. The van der Waals surface area contributed by atoms with Gasteiger partial charge in [-0.1, -0.05) is 32.0 Å². The molecule has 0 spiro atoms. The Morgan fingerprint density at radius 1 is 1.12 bits per heavy atom. The molecule has 25 heavy (non-hydrogen) atoms. The number of hydrogen-bond donors (Lipinski definition) is 1. The molecule has 134 valence electrons. The molecule has 0 unspecified atom stereocenters. The van der Waals surface area contributed by atoms with Gasteiger partial charge in [0.25, 0.3) is 5.91 Å².